The van der Waals surface area contributed by atoms with Crippen LogP contribution in [0.4, 0.5) is 49.6 Å². The minimum absolute atomic E-state index is 0.0182. The number of pyridine rings is 1. The lowest BCUT2D eigenvalue weighted by molar-refractivity contribution is -0.137. The number of hydrogen-bond donors (Lipinski definition) is 4. The van der Waals surface area contributed by atoms with Crippen molar-refractivity contribution >= 4 is 28.9 Å². The predicted molar refractivity (Wildman–Crippen MR) is 104 cm³/mol. The monoisotopic (exact) mass is 439 g/mol. The predicted octanol–water partition coefficient (Wildman–Crippen LogP) is 4.98. The van der Waals surface area contributed by atoms with Crippen molar-refractivity contribution in [2.45, 2.75) is 6.18 Å². The SMILES string of the molecule is Nc1nccc(Oc2ccc(NC(=O)Nc3cc(C(F)(F)F)ccc3F)c(F)c2)c1N. The van der Waals surface area contributed by atoms with Crippen molar-refractivity contribution in [1.29, 1.82) is 0 Å². The van der Waals surface area contributed by atoms with Gasteiger partial charge in [-0.25, -0.2) is 18.6 Å². The minimum atomic E-state index is -4.73. The quantitative estimate of drug-likeness (QED) is 0.428. The van der Waals surface area contributed by atoms with Gasteiger partial charge in [-0.3, -0.25) is 0 Å². The fraction of sp³-hybridized carbons (Fsp3) is 0.0526. The number of aromatic nitrogens is 1. The lowest BCUT2D eigenvalue weighted by atomic mass is 10.2. The number of nitrogen functional groups attached to an aromatic ring is 2. The first-order valence-corrected chi connectivity index (χ1v) is 8.46. The van der Waals surface area contributed by atoms with Gasteiger partial charge >= 0.3 is 12.2 Å². The number of ether oxygens (including phenoxy) is 1. The summed E-state index contributed by atoms with van der Waals surface area (Å²) < 4.78 is 71.7. The van der Waals surface area contributed by atoms with Gasteiger partial charge in [-0.05, 0) is 30.3 Å². The lowest BCUT2D eigenvalue weighted by Gasteiger charge is -2.13. The van der Waals surface area contributed by atoms with Crippen molar-refractivity contribution in [3.05, 3.63) is 65.9 Å². The average molecular weight is 439 g/mol. The van der Waals surface area contributed by atoms with Gasteiger partial charge in [0.2, 0.25) is 0 Å². The zero-order valence-electron chi connectivity index (χ0n) is 15.4. The van der Waals surface area contributed by atoms with E-state index in [1.165, 1.54) is 18.3 Å². The summed E-state index contributed by atoms with van der Waals surface area (Å²) in [5.74, 6) is -1.86. The number of carbonyl (C=O) groups excluding carboxylic acids is 1. The van der Waals surface area contributed by atoms with E-state index >= 15 is 0 Å². The molecule has 31 heavy (non-hydrogen) atoms. The molecule has 2 aromatic carbocycles. The Morgan fingerprint density at radius 1 is 0.935 bits per heavy atom. The maximum Gasteiger partial charge on any atom is 0.416 e. The molecule has 0 saturated heterocycles. The summed E-state index contributed by atoms with van der Waals surface area (Å²) in [5.41, 5.74) is 9.10. The second-order valence-corrected chi connectivity index (χ2v) is 6.12. The molecule has 7 nitrogen and oxygen atoms in total. The van der Waals surface area contributed by atoms with Crippen LogP contribution in [0.1, 0.15) is 5.56 Å². The molecule has 6 N–H and O–H groups in total. The van der Waals surface area contributed by atoms with Gasteiger partial charge in [0, 0.05) is 18.3 Å². The molecular weight excluding hydrogens is 425 g/mol. The molecule has 2 amide bonds. The third-order valence-corrected chi connectivity index (χ3v) is 3.94. The summed E-state index contributed by atoms with van der Waals surface area (Å²) in [7, 11) is 0. The van der Waals surface area contributed by atoms with E-state index in [0.717, 1.165) is 12.1 Å². The number of halogens is 5. The maximum absolute atomic E-state index is 14.3. The first-order valence-electron chi connectivity index (χ1n) is 8.46. The Balaban J connectivity index is 1.72. The number of urea groups is 1. The average Bonchev–Trinajstić information content (AvgIpc) is 2.68. The Morgan fingerprint density at radius 3 is 2.32 bits per heavy atom. The number of nitrogens with two attached hydrogens (primary N) is 2. The van der Waals surface area contributed by atoms with Crippen LogP contribution >= 0.6 is 0 Å². The summed E-state index contributed by atoms with van der Waals surface area (Å²) in [4.78, 5) is 15.8. The van der Waals surface area contributed by atoms with Crippen LogP contribution in [0, 0.1) is 11.6 Å². The van der Waals surface area contributed by atoms with E-state index in [2.05, 4.69) is 10.3 Å². The van der Waals surface area contributed by atoms with Gasteiger partial charge in [-0.15, -0.1) is 0 Å². The molecule has 0 bridgehead atoms. The van der Waals surface area contributed by atoms with Crippen molar-refractivity contribution in [3.63, 3.8) is 0 Å². The van der Waals surface area contributed by atoms with Crippen LogP contribution in [0.15, 0.2) is 48.7 Å². The van der Waals surface area contributed by atoms with Crippen LogP contribution in [0.3, 0.4) is 0 Å². The summed E-state index contributed by atoms with van der Waals surface area (Å²) >= 11 is 0. The van der Waals surface area contributed by atoms with Gasteiger partial charge in [-0.1, -0.05) is 0 Å². The van der Waals surface area contributed by atoms with Gasteiger partial charge in [0.1, 0.15) is 28.9 Å². The number of carbonyl (C=O) groups is 1. The van der Waals surface area contributed by atoms with Crippen LogP contribution in [-0.2, 0) is 6.18 Å². The largest absolute Gasteiger partial charge is 0.455 e. The molecule has 0 saturated carbocycles. The van der Waals surface area contributed by atoms with E-state index in [-0.39, 0.29) is 28.7 Å². The van der Waals surface area contributed by atoms with Crippen molar-refractivity contribution in [3.8, 4) is 11.5 Å². The van der Waals surface area contributed by atoms with Crippen LogP contribution in [0.25, 0.3) is 0 Å². The zero-order chi connectivity index (χ0) is 22.8. The molecular formula is C19H14F5N5O2. The normalized spacial score (nSPS) is 11.1. The van der Waals surface area contributed by atoms with E-state index in [9.17, 15) is 26.7 Å². The maximum atomic E-state index is 14.3. The Bertz CT molecular complexity index is 1140. The van der Waals surface area contributed by atoms with Gasteiger partial charge in [0.05, 0.1) is 16.9 Å². The first kappa shape index (κ1) is 21.6. The highest BCUT2D eigenvalue weighted by Crippen LogP contribution is 2.33. The molecule has 0 aliphatic rings. The molecule has 1 aromatic heterocycles. The van der Waals surface area contributed by atoms with Gasteiger partial charge in [0.15, 0.2) is 5.75 Å². The number of amides is 2. The van der Waals surface area contributed by atoms with E-state index in [1.807, 2.05) is 5.32 Å². The van der Waals surface area contributed by atoms with E-state index in [4.69, 9.17) is 16.2 Å². The summed E-state index contributed by atoms with van der Waals surface area (Å²) in [6, 6.07) is 5.11. The lowest BCUT2D eigenvalue weighted by Crippen LogP contribution is -2.21. The number of anilines is 4. The number of nitrogens with zero attached hydrogens (tertiary/aromatic N) is 1. The van der Waals surface area contributed by atoms with Crippen molar-refractivity contribution in [2.24, 2.45) is 0 Å². The molecule has 3 rings (SSSR count). The molecule has 162 valence electrons. The topological polar surface area (TPSA) is 115 Å². The third kappa shape index (κ3) is 5.10. The highest BCUT2D eigenvalue weighted by Gasteiger charge is 2.31. The number of hydrogen-bond acceptors (Lipinski definition) is 5. The molecule has 0 radical (unpaired) electrons. The Kier molecular flexibility index (Phi) is 5.81. The Labute approximate surface area is 171 Å². The standard InChI is InChI=1S/C19H14F5N5O2/c20-11-3-1-9(19(22,23)24)7-14(11)29-18(30)28-13-4-2-10(8-12(13)21)31-15-5-6-27-17(26)16(15)25/h1-8H,25H2,(H2,26,27)(H2,28,29,30). The number of benzene rings is 2. The highest BCUT2D eigenvalue weighted by atomic mass is 19.4. The second kappa shape index (κ2) is 8.34. The number of rotatable bonds is 4. The molecule has 0 atom stereocenters. The number of alkyl halides is 3. The molecule has 3 aromatic rings. The van der Waals surface area contributed by atoms with Crippen LogP contribution in [-0.4, -0.2) is 11.0 Å². The second-order valence-electron chi connectivity index (χ2n) is 6.12. The van der Waals surface area contributed by atoms with E-state index in [1.54, 1.807) is 0 Å². The molecule has 1 heterocycles. The Morgan fingerprint density at radius 2 is 1.65 bits per heavy atom. The van der Waals surface area contributed by atoms with Gasteiger partial charge in [-0.2, -0.15) is 13.2 Å². The van der Waals surface area contributed by atoms with E-state index < -0.39 is 35.1 Å². The summed E-state index contributed by atoms with van der Waals surface area (Å²) in [6.45, 7) is 0. The van der Waals surface area contributed by atoms with Crippen LogP contribution in [0.2, 0.25) is 0 Å². The summed E-state index contributed by atoms with van der Waals surface area (Å²) in [6.07, 6.45) is -3.39. The smallest absolute Gasteiger partial charge is 0.416 e. The van der Waals surface area contributed by atoms with E-state index in [0.29, 0.717) is 18.2 Å². The minimum Gasteiger partial charge on any atom is -0.455 e. The molecule has 0 fully saturated rings. The first-order chi connectivity index (χ1) is 14.5. The molecule has 12 heteroatoms. The number of nitrogens with one attached hydrogen (secondary N) is 2. The van der Waals surface area contributed by atoms with Crippen molar-refractivity contribution in [1.82, 2.24) is 4.98 Å². The van der Waals surface area contributed by atoms with Crippen molar-refractivity contribution in [2.75, 3.05) is 22.1 Å². The molecule has 0 aliphatic carbocycles. The van der Waals surface area contributed by atoms with Crippen LogP contribution < -0.4 is 26.8 Å². The third-order valence-electron chi connectivity index (χ3n) is 3.94. The van der Waals surface area contributed by atoms with Crippen molar-refractivity contribution < 1.29 is 31.5 Å². The molecule has 0 aliphatic heterocycles. The zero-order valence-corrected chi connectivity index (χ0v) is 15.4. The molecule has 0 spiro atoms. The fourth-order valence-electron chi connectivity index (χ4n) is 2.42. The highest BCUT2D eigenvalue weighted by molar-refractivity contribution is 6.00. The van der Waals surface area contributed by atoms with Gasteiger partial charge in [0.25, 0.3) is 0 Å². The molecule has 0 unspecified atom stereocenters. The Hall–Kier alpha value is -4.09. The fourth-order valence-corrected chi connectivity index (χ4v) is 2.42. The van der Waals surface area contributed by atoms with Crippen LogP contribution in [0.5, 0.6) is 11.5 Å². The summed E-state index contributed by atoms with van der Waals surface area (Å²) in [5, 5.41) is 3.98. The van der Waals surface area contributed by atoms with Gasteiger partial charge < -0.3 is 26.8 Å².